The molecule has 2 saturated heterocycles. The van der Waals surface area contributed by atoms with Gasteiger partial charge in [0.25, 0.3) is 0 Å². The van der Waals surface area contributed by atoms with Crippen LogP contribution in [0, 0.1) is 5.92 Å². The van der Waals surface area contributed by atoms with Crippen molar-refractivity contribution in [2.24, 2.45) is 11.7 Å². The van der Waals surface area contributed by atoms with Gasteiger partial charge in [-0.15, -0.1) is 0 Å². The first-order valence-electron chi connectivity index (χ1n) is 7.22. The second-order valence-electron chi connectivity index (χ2n) is 5.51. The summed E-state index contributed by atoms with van der Waals surface area (Å²) in [6, 6.07) is 2.02. The lowest BCUT2D eigenvalue weighted by atomic mass is 9.97. The van der Waals surface area contributed by atoms with Crippen molar-refractivity contribution < 1.29 is 4.74 Å². The zero-order valence-electron chi connectivity index (χ0n) is 11.3. The van der Waals surface area contributed by atoms with Crippen LogP contribution in [0.3, 0.4) is 0 Å². The second-order valence-corrected chi connectivity index (χ2v) is 5.51. The van der Waals surface area contributed by atoms with E-state index in [0.29, 0.717) is 11.8 Å². The number of nitrogens with zero attached hydrogens (tertiary/aromatic N) is 3. The summed E-state index contributed by atoms with van der Waals surface area (Å²) in [5.41, 5.74) is 6.86. The number of hydrogen-bond acceptors (Lipinski definition) is 5. The molecule has 2 fully saturated rings. The van der Waals surface area contributed by atoms with Gasteiger partial charge in [0.1, 0.15) is 0 Å². The van der Waals surface area contributed by atoms with Crippen molar-refractivity contribution in [1.29, 1.82) is 0 Å². The Hall–Kier alpha value is -1.20. The average molecular weight is 262 g/mol. The Balaban J connectivity index is 1.69. The van der Waals surface area contributed by atoms with Crippen molar-refractivity contribution in [3.05, 3.63) is 18.0 Å². The molecule has 0 radical (unpaired) electrons. The highest BCUT2D eigenvalue weighted by Gasteiger charge is 2.23. The number of rotatable bonds is 3. The van der Waals surface area contributed by atoms with Crippen molar-refractivity contribution >= 4 is 5.95 Å². The van der Waals surface area contributed by atoms with Crippen molar-refractivity contribution in [2.45, 2.75) is 25.2 Å². The fourth-order valence-electron chi connectivity index (χ4n) is 2.88. The van der Waals surface area contributed by atoms with E-state index < -0.39 is 0 Å². The van der Waals surface area contributed by atoms with Gasteiger partial charge < -0.3 is 15.4 Å². The van der Waals surface area contributed by atoms with E-state index in [0.717, 1.165) is 63.8 Å². The number of piperidine rings is 1. The molecule has 5 nitrogen and oxygen atoms in total. The monoisotopic (exact) mass is 262 g/mol. The second kappa shape index (κ2) is 5.84. The van der Waals surface area contributed by atoms with Crippen LogP contribution in [0.15, 0.2) is 12.3 Å². The minimum Gasteiger partial charge on any atom is -0.381 e. The maximum Gasteiger partial charge on any atom is 0.225 e. The molecule has 1 unspecified atom stereocenters. The fourth-order valence-corrected chi connectivity index (χ4v) is 2.88. The van der Waals surface area contributed by atoms with E-state index in [1.54, 1.807) is 0 Å². The van der Waals surface area contributed by atoms with E-state index in [9.17, 15) is 0 Å². The SMILES string of the molecule is NCC1CCN(c2nccc(C3CCOC3)n2)CC1. The van der Waals surface area contributed by atoms with Gasteiger partial charge in [0.15, 0.2) is 0 Å². The highest BCUT2D eigenvalue weighted by Crippen LogP contribution is 2.25. The third-order valence-electron chi connectivity index (χ3n) is 4.24. The predicted octanol–water partition coefficient (Wildman–Crippen LogP) is 1.16. The molecule has 1 aromatic rings. The molecule has 0 amide bonds. The van der Waals surface area contributed by atoms with Gasteiger partial charge in [0.2, 0.25) is 5.95 Å². The predicted molar refractivity (Wildman–Crippen MR) is 74.2 cm³/mol. The van der Waals surface area contributed by atoms with Crippen LogP contribution in [0.25, 0.3) is 0 Å². The first kappa shape index (κ1) is 12.8. The molecule has 2 aliphatic heterocycles. The largest absolute Gasteiger partial charge is 0.381 e. The molecule has 0 saturated carbocycles. The standard InChI is InChI=1S/C14H22N4O/c15-9-11-2-6-18(7-3-11)14-16-5-1-13(17-14)12-4-8-19-10-12/h1,5,11-12H,2-4,6-10,15H2. The quantitative estimate of drug-likeness (QED) is 0.885. The molecule has 0 bridgehead atoms. The first-order chi connectivity index (χ1) is 9.36. The molecule has 5 heteroatoms. The Bertz CT molecular complexity index is 412. The van der Waals surface area contributed by atoms with Crippen LogP contribution in [0.5, 0.6) is 0 Å². The van der Waals surface area contributed by atoms with Gasteiger partial charge in [-0.1, -0.05) is 0 Å². The molecule has 0 spiro atoms. The molecular weight excluding hydrogens is 240 g/mol. The molecule has 0 aliphatic carbocycles. The number of anilines is 1. The van der Waals surface area contributed by atoms with Crippen LogP contribution in [0.1, 0.15) is 30.9 Å². The number of aromatic nitrogens is 2. The summed E-state index contributed by atoms with van der Waals surface area (Å²) in [6.07, 6.45) is 5.25. The van der Waals surface area contributed by atoms with E-state index in [1.165, 1.54) is 0 Å². The Morgan fingerprint density at radius 3 is 2.84 bits per heavy atom. The van der Waals surface area contributed by atoms with Gasteiger partial charge in [-0.2, -0.15) is 0 Å². The maximum atomic E-state index is 5.73. The third-order valence-corrected chi connectivity index (χ3v) is 4.24. The van der Waals surface area contributed by atoms with E-state index in [4.69, 9.17) is 15.5 Å². The Labute approximate surface area is 114 Å². The normalized spacial score (nSPS) is 24.9. The van der Waals surface area contributed by atoms with Gasteiger partial charge in [-0.3, -0.25) is 0 Å². The van der Waals surface area contributed by atoms with E-state index >= 15 is 0 Å². The van der Waals surface area contributed by atoms with Crippen molar-refractivity contribution in [1.82, 2.24) is 9.97 Å². The molecular formula is C14H22N4O. The molecule has 3 rings (SSSR count). The van der Waals surface area contributed by atoms with Crippen molar-refractivity contribution in [2.75, 3.05) is 37.7 Å². The third kappa shape index (κ3) is 2.87. The van der Waals surface area contributed by atoms with Gasteiger partial charge in [-0.05, 0) is 37.8 Å². The summed E-state index contributed by atoms with van der Waals surface area (Å²) in [7, 11) is 0. The Kier molecular flexibility index (Phi) is 3.94. The van der Waals surface area contributed by atoms with E-state index in [1.807, 2.05) is 12.3 Å². The smallest absolute Gasteiger partial charge is 0.225 e. The zero-order valence-corrected chi connectivity index (χ0v) is 11.3. The molecule has 1 aromatic heterocycles. The molecule has 3 heterocycles. The van der Waals surface area contributed by atoms with E-state index in [2.05, 4.69) is 9.88 Å². The lowest BCUT2D eigenvalue weighted by Crippen LogP contribution is -2.37. The minimum absolute atomic E-state index is 0.448. The first-order valence-corrected chi connectivity index (χ1v) is 7.22. The highest BCUT2D eigenvalue weighted by atomic mass is 16.5. The topological polar surface area (TPSA) is 64.3 Å². The van der Waals surface area contributed by atoms with Crippen molar-refractivity contribution in [3.63, 3.8) is 0 Å². The number of nitrogens with two attached hydrogens (primary N) is 1. The summed E-state index contributed by atoms with van der Waals surface area (Å²) in [6.45, 7) is 4.49. The van der Waals surface area contributed by atoms with Gasteiger partial charge in [0.05, 0.1) is 12.3 Å². The lowest BCUT2D eigenvalue weighted by Gasteiger charge is -2.31. The average Bonchev–Trinajstić information content (AvgIpc) is 3.02. The van der Waals surface area contributed by atoms with Gasteiger partial charge in [-0.25, -0.2) is 9.97 Å². The maximum absolute atomic E-state index is 5.73. The lowest BCUT2D eigenvalue weighted by molar-refractivity contribution is 0.193. The summed E-state index contributed by atoms with van der Waals surface area (Å²) < 4.78 is 5.44. The highest BCUT2D eigenvalue weighted by molar-refractivity contribution is 5.31. The Morgan fingerprint density at radius 2 is 2.16 bits per heavy atom. The van der Waals surface area contributed by atoms with Crippen LogP contribution in [-0.4, -0.2) is 42.8 Å². The van der Waals surface area contributed by atoms with Crippen LogP contribution in [0.2, 0.25) is 0 Å². The molecule has 2 aliphatic rings. The minimum atomic E-state index is 0.448. The molecule has 19 heavy (non-hydrogen) atoms. The van der Waals surface area contributed by atoms with Gasteiger partial charge in [0, 0.05) is 31.8 Å². The number of ether oxygens (including phenoxy) is 1. The molecule has 104 valence electrons. The van der Waals surface area contributed by atoms with Crippen LogP contribution >= 0.6 is 0 Å². The summed E-state index contributed by atoms with van der Waals surface area (Å²) >= 11 is 0. The number of hydrogen-bond donors (Lipinski definition) is 1. The Morgan fingerprint density at radius 1 is 1.32 bits per heavy atom. The fraction of sp³-hybridized carbons (Fsp3) is 0.714. The van der Waals surface area contributed by atoms with Crippen molar-refractivity contribution in [3.8, 4) is 0 Å². The van der Waals surface area contributed by atoms with E-state index in [-0.39, 0.29) is 0 Å². The summed E-state index contributed by atoms with van der Waals surface area (Å²) in [5.74, 6) is 1.99. The molecule has 0 aromatic carbocycles. The zero-order chi connectivity index (χ0) is 13.1. The van der Waals surface area contributed by atoms with Crippen LogP contribution < -0.4 is 10.6 Å². The van der Waals surface area contributed by atoms with Crippen LogP contribution in [-0.2, 0) is 4.74 Å². The summed E-state index contributed by atoms with van der Waals surface area (Å²) in [5, 5.41) is 0. The molecule has 2 N–H and O–H groups in total. The van der Waals surface area contributed by atoms with Gasteiger partial charge >= 0.3 is 0 Å². The van der Waals surface area contributed by atoms with Crippen LogP contribution in [0.4, 0.5) is 5.95 Å². The summed E-state index contributed by atoms with van der Waals surface area (Å²) in [4.78, 5) is 11.4. The molecule has 1 atom stereocenters.